The van der Waals surface area contributed by atoms with E-state index in [0.717, 1.165) is 19.5 Å². The molecule has 3 heteroatoms. The first-order valence-corrected chi connectivity index (χ1v) is 7.38. The fourth-order valence-electron chi connectivity index (χ4n) is 3.64. The standard InChI is InChI=1S/C16H29N3/c1-14(2,3)10-15(4,5)19-12-18-9-13(19)16(6)7-8-17-11-16/h9,12,17H,7-8,10-11H2,1-6H3. The minimum atomic E-state index is 0.107. The van der Waals surface area contributed by atoms with Crippen molar-refractivity contribution in [2.75, 3.05) is 13.1 Å². The lowest BCUT2D eigenvalue weighted by Crippen LogP contribution is -2.37. The van der Waals surface area contributed by atoms with Crippen LogP contribution in [0, 0.1) is 5.41 Å². The van der Waals surface area contributed by atoms with Gasteiger partial charge in [0.25, 0.3) is 0 Å². The molecule has 2 heterocycles. The Balaban J connectivity index is 2.33. The molecule has 0 aromatic carbocycles. The zero-order chi connectivity index (χ0) is 14.3. The lowest BCUT2D eigenvalue weighted by molar-refractivity contribution is 0.204. The molecule has 19 heavy (non-hydrogen) atoms. The minimum absolute atomic E-state index is 0.107. The van der Waals surface area contributed by atoms with Crippen LogP contribution in [-0.4, -0.2) is 22.6 Å². The van der Waals surface area contributed by atoms with Gasteiger partial charge in [0.1, 0.15) is 0 Å². The van der Waals surface area contributed by atoms with E-state index in [-0.39, 0.29) is 11.0 Å². The maximum Gasteiger partial charge on any atom is 0.0953 e. The highest BCUT2D eigenvalue weighted by Crippen LogP contribution is 2.37. The molecule has 2 rings (SSSR count). The van der Waals surface area contributed by atoms with Gasteiger partial charge in [-0.2, -0.15) is 0 Å². The molecule has 1 N–H and O–H groups in total. The van der Waals surface area contributed by atoms with Crippen LogP contribution >= 0.6 is 0 Å². The second kappa shape index (κ2) is 4.62. The number of imidazole rings is 1. The maximum absolute atomic E-state index is 4.44. The van der Waals surface area contributed by atoms with Crippen molar-refractivity contribution in [2.24, 2.45) is 5.41 Å². The molecule has 0 bridgehead atoms. The first-order valence-electron chi connectivity index (χ1n) is 7.38. The molecule has 1 unspecified atom stereocenters. The van der Waals surface area contributed by atoms with Crippen molar-refractivity contribution in [3.05, 3.63) is 18.2 Å². The van der Waals surface area contributed by atoms with Crippen molar-refractivity contribution in [2.45, 2.75) is 65.3 Å². The summed E-state index contributed by atoms with van der Waals surface area (Å²) in [7, 11) is 0. The number of hydrogen-bond donors (Lipinski definition) is 1. The van der Waals surface area contributed by atoms with Crippen molar-refractivity contribution < 1.29 is 0 Å². The van der Waals surface area contributed by atoms with Crippen molar-refractivity contribution in [3.63, 3.8) is 0 Å². The summed E-state index contributed by atoms with van der Waals surface area (Å²) in [5.41, 5.74) is 2.04. The molecule has 0 saturated carbocycles. The number of rotatable bonds is 3. The fourth-order valence-corrected chi connectivity index (χ4v) is 3.64. The third-order valence-corrected chi connectivity index (χ3v) is 4.24. The average Bonchev–Trinajstić information content (AvgIpc) is 2.81. The monoisotopic (exact) mass is 263 g/mol. The fraction of sp³-hybridized carbons (Fsp3) is 0.812. The van der Waals surface area contributed by atoms with Crippen LogP contribution in [0.15, 0.2) is 12.5 Å². The average molecular weight is 263 g/mol. The molecule has 1 atom stereocenters. The second-order valence-corrected chi connectivity index (χ2v) is 8.19. The molecular formula is C16H29N3. The van der Waals surface area contributed by atoms with E-state index in [9.17, 15) is 0 Å². The predicted molar refractivity (Wildman–Crippen MR) is 80.5 cm³/mol. The van der Waals surface area contributed by atoms with Crippen LogP contribution in [-0.2, 0) is 11.0 Å². The molecule has 1 aliphatic rings. The van der Waals surface area contributed by atoms with Crippen molar-refractivity contribution >= 4 is 0 Å². The van der Waals surface area contributed by atoms with E-state index in [1.165, 1.54) is 12.1 Å². The number of nitrogens with one attached hydrogen (secondary N) is 1. The molecule has 0 spiro atoms. The van der Waals surface area contributed by atoms with Gasteiger partial charge in [0.2, 0.25) is 0 Å². The van der Waals surface area contributed by atoms with E-state index in [2.05, 4.69) is 62.6 Å². The summed E-state index contributed by atoms with van der Waals surface area (Å²) < 4.78 is 2.41. The smallest absolute Gasteiger partial charge is 0.0953 e. The lowest BCUT2D eigenvalue weighted by atomic mass is 9.80. The maximum atomic E-state index is 4.44. The number of nitrogens with zero attached hydrogens (tertiary/aromatic N) is 2. The molecule has 3 nitrogen and oxygen atoms in total. The SMILES string of the molecule is CC(C)(C)CC(C)(C)n1cncc1C1(C)CCNC1. The third-order valence-electron chi connectivity index (χ3n) is 4.24. The van der Waals surface area contributed by atoms with Gasteiger partial charge in [-0.1, -0.05) is 27.7 Å². The van der Waals surface area contributed by atoms with Gasteiger partial charge in [-0.05, 0) is 38.6 Å². The molecule has 1 aliphatic heterocycles. The summed E-state index contributed by atoms with van der Waals surface area (Å²) >= 11 is 0. The second-order valence-electron chi connectivity index (χ2n) is 8.19. The van der Waals surface area contributed by atoms with Gasteiger partial charge < -0.3 is 9.88 Å². The summed E-state index contributed by atoms with van der Waals surface area (Å²) in [6.45, 7) is 16.1. The summed E-state index contributed by atoms with van der Waals surface area (Å²) in [4.78, 5) is 4.44. The van der Waals surface area contributed by atoms with E-state index in [4.69, 9.17) is 0 Å². The molecular weight excluding hydrogens is 234 g/mol. The number of aromatic nitrogens is 2. The van der Waals surface area contributed by atoms with E-state index < -0.39 is 0 Å². The van der Waals surface area contributed by atoms with Gasteiger partial charge in [-0.3, -0.25) is 0 Å². The van der Waals surface area contributed by atoms with Gasteiger partial charge in [-0.25, -0.2) is 4.98 Å². The van der Waals surface area contributed by atoms with Crippen LogP contribution in [0.3, 0.4) is 0 Å². The van der Waals surface area contributed by atoms with Crippen molar-refractivity contribution in [3.8, 4) is 0 Å². The van der Waals surface area contributed by atoms with Crippen LogP contribution in [0.25, 0.3) is 0 Å². The van der Waals surface area contributed by atoms with E-state index in [0.29, 0.717) is 5.41 Å². The molecule has 1 aromatic heterocycles. The molecule has 1 aromatic rings. The van der Waals surface area contributed by atoms with Gasteiger partial charge >= 0.3 is 0 Å². The molecule has 0 aliphatic carbocycles. The minimum Gasteiger partial charge on any atom is -0.328 e. The Hall–Kier alpha value is -0.830. The molecule has 1 fully saturated rings. The van der Waals surface area contributed by atoms with Crippen LogP contribution in [0.2, 0.25) is 0 Å². The van der Waals surface area contributed by atoms with Crippen LogP contribution in [0.5, 0.6) is 0 Å². The quantitative estimate of drug-likeness (QED) is 0.906. The summed E-state index contributed by atoms with van der Waals surface area (Å²) in [6, 6.07) is 0. The van der Waals surface area contributed by atoms with Crippen molar-refractivity contribution in [1.82, 2.24) is 14.9 Å². The van der Waals surface area contributed by atoms with Gasteiger partial charge in [0.15, 0.2) is 0 Å². The van der Waals surface area contributed by atoms with Gasteiger partial charge in [0, 0.05) is 29.4 Å². The highest BCUT2D eigenvalue weighted by molar-refractivity contribution is 5.19. The predicted octanol–water partition coefficient (Wildman–Crippen LogP) is 3.31. The summed E-state index contributed by atoms with van der Waals surface area (Å²) in [5, 5.41) is 3.49. The molecule has 1 saturated heterocycles. The van der Waals surface area contributed by atoms with E-state index >= 15 is 0 Å². The molecule has 0 radical (unpaired) electrons. The highest BCUT2D eigenvalue weighted by Gasteiger charge is 2.37. The number of hydrogen-bond acceptors (Lipinski definition) is 2. The Labute approximate surface area is 117 Å². The lowest BCUT2D eigenvalue weighted by Gasteiger charge is -2.37. The van der Waals surface area contributed by atoms with Crippen molar-refractivity contribution in [1.29, 1.82) is 0 Å². The first-order chi connectivity index (χ1) is 8.64. The Morgan fingerprint density at radius 3 is 2.53 bits per heavy atom. The highest BCUT2D eigenvalue weighted by atomic mass is 15.1. The normalized spacial score (nSPS) is 24.9. The van der Waals surface area contributed by atoms with Gasteiger partial charge in [0.05, 0.1) is 6.33 Å². The summed E-state index contributed by atoms with van der Waals surface area (Å²) in [6.07, 6.45) is 6.43. The first kappa shape index (κ1) is 14.6. The molecule has 0 amide bonds. The Morgan fingerprint density at radius 1 is 1.32 bits per heavy atom. The van der Waals surface area contributed by atoms with E-state index in [1.807, 2.05) is 6.33 Å². The summed E-state index contributed by atoms with van der Waals surface area (Å²) in [5.74, 6) is 0. The Kier molecular flexibility index (Phi) is 3.54. The van der Waals surface area contributed by atoms with Crippen LogP contribution < -0.4 is 5.32 Å². The largest absolute Gasteiger partial charge is 0.328 e. The zero-order valence-electron chi connectivity index (χ0n) is 13.4. The van der Waals surface area contributed by atoms with E-state index in [1.54, 1.807) is 0 Å². The third kappa shape index (κ3) is 3.02. The van der Waals surface area contributed by atoms with Crippen LogP contribution in [0.4, 0.5) is 0 Å². The molecule has 108 valence electrons. The van der Waals surface area contributed by atoms with Gasteiger partial charge in [-0.15, -0.1) is 0 Å². The zero-order valence-corrected chi connectivity index (χ0v) is 13.4. The Morgan fingerprint density at radius 2 is 2.00 bits per heavy atom. The van der Waals surface area contributed by atoms with Crippen LogP contribution in [0.1, 0.15) is 60.1 Å². The Bertz CT molecular complexity index is 431. The topological polar surface area (TPSA) is 29.9 Å².